The monoisotopic (exact) mass is 328 g/mol. The molecule has 1 unspecified atom stereocenters. The van der Waals surface area contributed by atoms with Gasteiger partial charge in [0.1, 0.15) is 29.6 Å². The normalized spacial score (nSPS) is 19.9. The molecule has 1 N–H and O–H groups in total. The number of benzene rings is 1. The number of carbonyl (C=O) groups is 1. The lowest BCUT2D eigenvalue weighted by atomic mass is 10.2. The van der Waals surface area contributed by atoms with Crippen LogP contribution in [0.1, 0.15) is 6.92 Å². The molecule has 2 aromatic rings. The van der Waals surface area contributed by atoms with Gasteiger partial charge in [0, 0.05) is 7.05 Å². The van der Waals surface area contributed by atoms with Gasteiger partial charge in [-0.25, -0.2) is 9.78 Å². The minimum Gasteiger partial charge on any atom is -0.489 e. The average Bonchev–Trinajstić information content (AvgIpc) is 3.11. The predicted molar refractivity (Wildman–Crippen MR) is 91.5 cm³/mol. The molecule has 2 aliphatic rings. The first kappa shape index (κ1) is 14.2. The SMILES string of the molecule is CC#CC1CNC(=O)N1c1nc2c3c(ccc2s1)OCCN3C. The van der Waals surface area contributed by atoms with Gasteiger partial charge in [-0.15, -0.1) is 5.92 Å². The highest BCUT2D eigenvalue weighted by molar-refractivity contribution is 7.22. The lowest BCUT2D eigenvalue weighted by molar-refractivity contribution is 0.252. The van der Waals surface area contributed by atoms with Gasteiger partial charge in [-0.3, -0.25) is 4.90 Å². The first-order valence-electron chi connectivity index (χ1n) is 7.46. The van der Waals surface area contributed by atoms with E-state index in [4.69, 9.17) is 9.72 Å². The van der Waals surface area contributed by atoms with Crippen molar-refractivity contribution < 1.29 is 9.53 Å². The summed E-state index contributed by atoms with van der Waals surface area (Å²) in [6, 6.07) is 3.67. The van der Waals surface area contributed by atoms with Crippen molar-refractivity contribution in [2.75, 3.05) is 36.5 Å². The molecule has 4 rings (SSSR count). The molecular formula is C16H16N4O2S. The molecule has 1 saturated heterocycles. The fourth-order valence-corrected chi connectivity index (χ4v) is 3.96. The van der Waals surface area contributed by atoms with Gasteiger partial charge in [0.15, 0.2) is 5.13 Å². The smallest absolute Gasteiger partial charge is 0.324 e. The van der Waals surface area contributed by atoms with Gasteiger partial charge < -0.3 is 15.0 Å². The van der Waals surface area contributed by atoms with Gasteiger partial charge in [-0.2, -0.15) is 0 Å². The summed E-state index contributed by atoms with van der Waals surface area (Å²) in [5.74, 6) is 6.79. The molecule has 7 heteroatoms. The third-order valence-corrected chi connectivity index (χ3v) is 5.07. The number of hydrogen-bond acceptors (Lipinski definition) is 5. The van der Waals surface area contributed by atoms with Crippen molar-refractivity contribution in [2.24, 2.45) is 0 Å². The second-order valence-electron chi connectivity index (χ2n) is 5.49. The zero-order chi connectivity index (χ0) is 16.0. The van der Waals surface area contributed by atoms with Crippen LogP contribution in [-0.4, -0.2) is 43.8 Å². The predicted octanol–water partition coefficient (Wildman–Crippen LogP) is 2.05. The van der Waals surface area contributed by atoms with E-state index >= 15 is 0 Å². The van der Waals surface area contributed by atoms with Crippen LogP contribution in [0.4, 0.5) is 15.6 Å². The minimum atomic E-state index is -0.169. The maximum absolute atomic E-state index is 12.2. The molecule has 118 valence electrons. The molecule has 0 aliphatic carbocycles. The highest BCUT2D eigenvalue weighted by Crippen LogP contribution is 2.42. The molecule has 0 bridgehead atoms. The second kappa shape index (κ2) is 5.32. The summed E-state index contributed by atoms with van der Waals surface area (Å²) in [4.78, 5) is 20.7. The maximum Gasteiger partial charge on any atom is 0.324 e. The number of nitrogens with zero attached hydrogens (tertiary/aromatic N) is 3. The summed E-state index contributed by atoms with van der Waals surface area (Å²) in [5.41, 5.74) is 1.88. The van der Waals surface area contributed by atoms with E-state index in [0.29, 0.717) is 18.3 Å². The lowest BCUT2D eigenvalue weighted by Gasteiger charge is -2.27. The number of rotatable bonds is 1. The summed E-state index contributed by atoms with van der Waals surface area (Å²) in [6.45, 7) is 3.81. The van der Waals surface area contributed by atoms with E-state index in [0.717, 1.165) is 28.2 Å². The van der Waals surface area contributed by atoms with Gasteiger partial charge in [-0.05, 0) is 19.1 Å². The summed E-state index contributed by atoms with van der Waals surface area (Å²) in [5, 5.41) is 3.51. The number of likely N-dealkylation sites (N-methyl/N-ethyl adjacent to an activating group) is 1. The van der Waals surface area contributed by atoms with Gasteiger partial charge in [0.25, 0.3) is 0 Å². The van der Waals surface area contributed by atoms with Gasteiger partial charge in [0.2, 0.25) is 0 Å². The second-order valence-corrected chi connectivity index (χ2v) is 6.50. The van der Waals surface area contributed by atoms with E-state index in [1.165, 1.54) is 11.3 Å². The van der Waals surface area contributed by atoms with E-state index in [9.17, 15) is 4.79 Å². The Kier molecular flexibility index (Phi) is 3.27. The molecule has 0 radical (unpaired) electrons. The Balaban J connectivity index is 1.84. The molecule has 1 aromatic carbocycles. The summed E-state index contributed by atoms with van der Waals surface area (Å²) < 4.78 is 6.77. The topological polar surface area (TPSA) is 57.7 Å². The van der Waals surface area contributed by atoms with Crippen LogP contribution in [0.15, 0.2) is 12.1 Å². The van der Waals surface area contributed by atoms with Crippen LogP contribution >= 0.6 is 11.3 Å². The number of aromatic nitrogens is 1. The first-order chi connectivity index (χ1) is 11.2. The molecule has 1 aromatic heterocycles. The molecule has 3 heterocycles. The molecule has 1 fully saturated rings. The zero-order valence-electron chi connectivity index (χ0n) is 12.9. The van der Waals surface area contributed by atoms with Crippen molar-refractivity contribution in [1.82, 2.24) is 10.3 Å². The molecule has 23 heavy (non-hydrogen) atoms. The van der Waals surface area contributed by atoms with Crippen LogP contribution in [0, 0.1) is 11.8 Å². The lowest BCUT2D eigenvalue weighted by Crippen LogP contribution is -2.33. The van der Waals surface area contributed by atoms with Crippen molar-refractivity contribution in [1.29, 1.82) is 0 Å². The van der Waals surface area contributed by atoms with Gasteiger partial charge in [-0.1, -0.05) is 17.3 Å². The summed E-state index contributed by atoms with van der Waals surface area (Å²) in [6.07, 6.45) is 0. The van der Waals surface area contributed by atoms with E-state index in [2.05, 4.69) is 22.1 Å². The first-order valence-corrected chi connectivity index (χ1v) is 8.27. The number of carbonyl (C=O) groups excluding carboxylic acids is 1. The van der Waals surface area contributed by atoms with Crippen LogP contribution in [0.25, 0.3) is 10.2 Å². The van der Waals surface area contributed by atoms with Gasteiger partial charge >= 0.3 is 6.03 Å². The van der Waals surface area contributed by atoms with Crippen LogP contribution in [0.2, 0.25) is 0 Å². The molecule has 0 saturated carbocycles. The summed E-state index contributed by atoms with van der Waals surface area (Å²) in [7, 11) is 2.04. The molecule has 1 atom stereocenters. The molecule has 6 nitrogen and oxygen atoms in total. The fourth-order valence-electron chi connectivity index (χ4n) is 2.95. The zero-order valence-corrected chi connectivity index (χ0v) is 13.7. The largest absolute Gasteiger partial charge is 0.489 e. The Hall–Kier alpha value is -2.46. The Morgan fingerprint density at radius 1 is 1.48 bits per heavy atom. The van der Waals surface area contributed by atoms with Crippen LogP contribution in [0.3, 0.4) is 0 Å². The van der Waals surface area contributed by atoms with Crippen LogP contribution in [0.5, 0.6) is 5.75 Å². The van der Waals surface area contributed by atoms with Crippen molar-refractivity contribution in [3.05, 3.63) is 12.1 Å². The van der Waals surface area contributed by atoms with E-state index in [1.54, 1.807) is 11.8 Å². The number of urea groups is 1. The summed E-state index contributed by atoms with van der Waals surface area (Å²) >= 11 is 1.51. The van der Waals surface area contributed by atoms with E-state index in [-0.39, 0.29) is 12.1 Å². The van der Waals surface area contributed by atoms with Crippen LogP contribution < -0.4 is 19.9 Å². The van der Waals surface area contributed by atoms with E-state index in [1.807, 2.05) is 19.2 Å². The molecule has 0 spiro atoms. The Morgan fingerprint density at radius 3 is 3.17 bits per heavy atom. The number of anilines is 2. The Labute approximate surface area is 138 Å². The molecular weight excluding hydrogens is 312 g/mol. The number of fused-ring (bicyclic) bond motifs is 3. The fraction of sp³-hybridized carbons (Fsp3) is 0.375. The number of nitrogens with one attached hydrogen (secondary N) is 1. The van der Waals surface area contributed by atoms with E-state index < -0.39 is 0 Å². The van der Waals surface area contributed by atoms with Crippen molar-refractivity contribution in [3.63, 3.8) is 0 Å². The van der Waals surface area contributed by atoms with Crippen molar-refractivity contribution in [3.8, 4) is 17.6 Å². The Morgan fingerprint density at radius 2 is 2.35 bits per heavy atom. The highest BCUT2D eigenvalue weighted by Gasteiger charge is 2.33. The van der Waals surface area contributed by atoms with Crippen molar-refractivity contribution in [2.45, 2.75) is 13.0 Å². The molecule has 2 amide bonds. The number of ether oxygens (including phenoxy) is 1. The van der Waals surface area contributed by atoms with Crippen LogP contribution in [-0.2, 0) is 0 Å². The average molecular weight is 328 g/mol. The quantitative estimate of drug-likeness (QED) is 0.814. The minimum absolute atomic E-state index is 0.143. The standard InChI is InChI=1S/C16H16N4O2S/c1-3-4-10-9-17-15(21)20(10)16-18-13-12(23-16)6-5-11-14(13)19(2)7-8-22-11/h5-6,10H,7-9H2,1-2H3,(H,17,21). The van der Waals surface area contributed by atoms with Gasteiger partial charge in [0.05, 0.1) is 17.8 Å². The molecule has 2 aliphatic heterocycles. The number of amides is 2. The number of hydrogen-bond donors (Lipinski definition) is 1. The third kappa shape index (κ3) is 2.18. The highest BCUT2D eigenvalue weighted by atomic mass is 32.1. The van der Waals surface area contributed by atoms with Crippen molar-refractivity contribution >= 4 is 38.4 Å². The number of thiazole rings is 1. The Bertz CT molecular complexity index is 851. The maximum atomic E-state index is 12.2. The third-order valence-electron chi connectivity index (χ3n) is 4.05.